The fraction of sp³-hybridized carbons (Fsp3) is 0.222. The first-order valence-electron chi connectivity index (χ1n) is 4.00. The molecule has 0 saturated heterocycles. The molecule has 1 aromatic carbocycles. The lowest BCUT2D eigenvalue weighted by Gasteiger charge is -2.06. The molecule has 0 spiro atoms. The monoisotopic (exact) mass is 310 g/mol. The second-order valence-electron chi connectivity index (χ2n) is 2.67. The van der Waals surface area contributed by atoms with E-state index in [1.54, 1.807) is 19.2 Å². The maximum Gasteiger partial charge on any atom is 0.138 e. The Morgan fingerprint density at radius 3 is 2.80 bits per heavy atom. The van der Waals surface area contributed by atoms with Gasteiger partial charge in [-0.2, -0.15) is 0 Å². The summed E-state index contributed by atoms with van der Waals surface area (Å²) in [6.45, 7) is 0. The highest BCUT2D eigenvalue weighted by molar-refractivity contribution is 9.10. The minimum atomic E-state index is 0.177. The Morgan fingerprint density at radius 1 is 1.60 bits per heavy atom. The molecule has 0 atom stereocenters. The van der Waals surface area contributed by atoms with Crippen LogP contribution >= 0.6 is 39.1 Å². The van der Waals surface area contributed by atoms with Crippen molar-refractivity contribution in [3.05, 3.63) is 21.6 Å². The lowest BCUT2D eigenvalue weighted by Crippen LogP contribution is -2.12. The van der Waals surface area contributed by atoms with Gasteiger partial charge >= 0.3 is 0 Å². The Bertz CT molecular complexity index is 396. The summed E-state index contributed by atoms with van der Waals surface area (Å²) in [5, 5.41) is 0.474. The Balaban J connectivity index is 3.16. The molecule has 1 aromatic rings. The van der Waals surface area contributed by atoms with Crippen LogP contribution in [0.15, 0.2) is 21.6 Å². The van der Waals surface area contributed by atoms with E-state index in [0.717, 1.165) is 4.47 Å². The lowest BCUT2D eigenvalue weighted by molar-refractivity contribution is 0.415. The van der Waals surface area contributed by atoms with Gasteiger partial charge in [-0.05, 0) is 28.1 Å². The largest absolute Gasteiger partial charge is 0.495 e. The van der Waals surface area contributed by atoms with Crippen LogP contribution in [-0.2, 0) is 0 Å². The number of amidine groups is 1. The van der Waals surface area contributed by atoms with Crippen molar-refractivity contribution in [3.63, 3.8) is 0 Å². The van der Waals surface area contributed by atoms with Crippen LogP contribution in [0, 0.1) is 0 Å². The van der Waals surface area contributed by atoms with Crippen LogP contribution in [0.5, 0.6) is 5.75 Å². The van der Waals surface area contributed by atoms with Crippen molar-refractivity contribution in [2.45, 2.75) is 0 Å². The van der Waals surface area contributed by atoms with E-state index in [-0.39, 0.29) is 5.88 Å². The second-order valence-corrected chi connectivity index (χ2v) is 4.20. The third-order valence-electron chi connectivity index (χ3n) is 1.62. The van der Waals surface area contributed by atoms with Crippen LogP contribution in [0.4, 0.5) is 5.69 Å². The molecule has 0 radical (unpaired) electrons. The van der Waals surface area contributed by atoms with Crippen molar-refractivity contribution < 1.29 is 4.74 Å². The van der Waals surface area contributed by atoms with E-state index in [1.165, 1.54) is 0 Å². The highest BCUT2D eigenvalue weighted by Gasteiger charge is 2.06. The topological polar surface area (TPSA) is 47.6 Å². The van der Waals surface area contributed by atoms with Crippen LogP contribution in [0.2, 0.25) is 5.02 Å². The van der Waals surface area contributed by atoms with E-state index < -0.39 is 0 Å². The predicted molar refractivity (Wildman–Crippen MR) is 67.7 cm³/mol. The number of rotatable bonds is 3. The first-order chi connectivity index (χ1) is 7.08. The Hall–Kier alpha value is -0.450. The van der Waals surface area contributed by atoms with Crippen LogP contribution in [0.25, 0.3) is 0 Å². The fourth-order valence-electron chi connectivity index (χ4n) is 0.945. The van der Waals surface area contributed by atoms with Gasteiger partial charge in [0, 0.05) is 4.47 Å². The van der Waals surface area contributed by atoms with Crippen molar-refractivity contribution in [1.82, 2.24) is 0 Å². The number of hydrogen-bond acceptors (Lipinski definition) is 2. The quantitative estimate of drug-likeness (QED) is 0.529. The van der Waals surface area contributed by atoms with Crippen molar-refractivity contribution in [3.8, 4) is 5.75 Å². The van der Waals surface area contributed by atoms with E-state index in [2.05, 4.69) is 20.9 Å². The molecular weight excluding hydrogens is 303 g/mol. The third-order valence-corrected chi connectivity index (χ3v) is 2.83. The molecule has 0 amide bonds. The smallest absolute Gasteiger partial charge is 0.138 e. The average Bonchev–Trinajstić information content (AvgIpc) is 2.22. The van der Waals surface area contributed by atoms with Gasteiger partial charge in [0.05, 0.1) is 23.7 Å². The van der Waals surface area contributed by atoms with Gasteiger partial charge in [-0.15, -0.1) is 11.6 Å². The summed E-state index contributed by atoms with van der Waals surface area (Å²) in [4.78, 5) is 4.09. The molecule has 1 rings (SSSR count). The SMILES string of the molecule is COc1cc(Br)c(N=C(N)CCl)cc1Cl. The molecule has 2 N–H and O–H groups in total. The Morgan fingerprint density at radius 2 is 2.27 bits per heavy atom. The number of alkyl halides is 1. The predicted octanol–water partition coefficient (Wildman–Crippen LogP) is 3.34. The zero-order chi connectivity index (χ0) is 11.4. The highest BCUT2D eigenvalue weighted by atomic mass is 79.9. The number of methoxy groups -OCH3 is 1. The van der Waals surface area contributed by atoms with E-state index in [9.17, 15) is 0 Å². The van der Waals surface area contributed by atoms with Gasteiger partial charge in [0.15, 0.2) is 0 Å². The summed E-state index contributed by atoms with van der Waals surface area (Å²) >= 11 is 14.8. The van der Waals surface area contributed by atoms with E-state index in [4.69, 9.17) is 33.7 Å². The van der Waals surface area contributed by atoms with Crippen molar-refractivity contribution >= 4 is 50.7 Å². The molecule has 0 unspecified atom stereocenters. The number of ether oxygens (including phenoxy) is 1. The summed E-state index contributed by atoms with van der Waals surface area (Å²) in [6, 6.07) is 3.38. The molecule has 6 heteroatoms. The molecule has 0 aliphatic carbocycles. The second kappa shape index (κ2) is 5.58. The number of benzene rings is 1. The summed E-state index contributed by atoms with van der Waals surface area (Å²) in [7, 11) is 1.55. The number of nitrogens with zero attached hydrogens (tertiary/aromatic N) is 1. The van der Waals surface area contributed by atoms with Crippen molar-refractivity contribution in [2.24, 2.45) is 10.7 Å². The first kappa shape index (κ1) is 12.6. The van der Waals surface area contributed by atoms with Gasteiger partial charge in [0.2, 0.25) is 0 Å². The van der Waals surface area contributed by atoms with Gasteiger partial charge in [-0.1, -0.05) is 11.6 Å². The van der Waals surface area contributed by atoms with E-state index in [0.29, 0.717) is 22.3 Å². The van der Waals surface area contributed by atoms with Gasteiger partial charge in [-0.25, -0.2) is 4.99 Å². The number of nitrogens with two attached hydrogens (primary N) is 1. The molecule has 0 saturated carbocycles. The maximum atomic E-state index is 5.94. The minimum absolute atomic E-state index is 0.177. The normalized spacial score (nSPS) is 11.6. The fourth-order valence-corrected chi connectivity index (χ4v) is 1.65. The molecule has 0 aliphatic heterocycles. The number of aliphatic imine (C=N–C) groups is 1. The summed E-state index contributed by atoms with van der Waals surface area (Å²) in [5.41, 5.74) is 6.14. The standard InChI is InChI=1S/C9H9BrCl2N2O/c1-15-8-2-5(10)7(3-6(8)12)14-9(13)4-11/h2-3H,4H2,1H3,(H2,13,14). The van der Waals surface area contributed by atoms with Gasteiger partial charge in [-0.3, -0.25) is 0 Å². The summed E-state index contributed by atoms with van der Waals surface area (Å²) in [5.74, 6) is 1.08. The van der Waals surface area contributed by atoms with Crippen molar-refractivity contribution in [1.29, 1.82) is 0 Å². The van der Waals surface area contributed by atoms with Gasteiger partial charge in [0.25, 0.3) is 0 Å². The minimum Gasteiger partial charge on any atom is -0.495 e. The molecule has 0 bridgehead atoms. The van der Waals surface area contributed by atoms with Gasteiger partial charge < -0.3 is 10.5 Å². The Labute approximate surface area is 106 Å². The van der Waals surface area contributed by atoms with Crippen molar-refractivity contribution in [2.75, 3.05) is 13.0 Å². The highest BCUT2D eigenvalue weighted by Crippen LogP contribution is 2.35. The van der Waals surface area contributed by atoms with Crippen LogP contribution in [-0.4, -0.2) is 18.8 Å². The van der Waals surface area contributed by atoms with Crippen LogP contribution < -0.4 is 10.5 Å². The molecule has 0 aromatic heterocycles. The molecule has 15 heavy (non-hydrogen) atoms. The molecule has 0 aliphatic rings. The molecule has 0 heterocycles. The third kappa shape index (κ3) is 3.26. The van der Waals surface area contributed by atoms with E-state index in [1.807, 2.05) is 0 Å². The molecular formula is C9H9BrCl2N2O. The maximum absolute atomic E-state index is 5.94. The Kier molecular flexibility index (Phi) is 4.70. The van der Waals surface area contributed by atoms with E-state index >= 15 is 0 Å². The summed E-state index contributed by atoms with van der Waals surface area (Å²) < 4.78 is 5.79. The van der Waals surface area contributed by atoms with Crippen LogP contribution in [0.1, 0.15) is 0 Å². The number of hydrogen-bond donors (Lipinski definition) is 1. The lowest BCUT2D eigenvalue weighted by atomic mass is 10.3. The first-order valence-corrected chi connectivity index (χ1v) is 5.71. The molecule has 82 valence electrons. The van der Waals surface area contributed by atoms with Crippen LogP contribution in [0.3, 0.4) is 0 Å². The average molecular weight is 312 g/mol. The zero-order valence-electron chi connectivity index (χ0n) is 7.93. The zero-order valence-corrected chi connectivity index (χ0v) is 11.0. The number of halogens is 3. The molecule has 0 fully saturated rings. The van der Waals surface area contributed by atoms with Gasteiger partial charge in [0.1, 0.15) is 11.6 Å². The molecule has 3 nitrogen and oxygen atoms in total. The summed E-state index contributed by atoms with van der Waals surface area (Å²) in [6.07, 6.45) is 0.